The molecule has 0 aliphatic heterocycles. The van der Waals surface area contributed by atoms with Gasteiger partial charge in [-0.05, 0) is 23.9 Å². The highest BCUT2D eigenvalue weighted by Gasteiger charge is 2.22. The van der Waals surface area contributed by atoms with Crippen LogP contribution in [0.5, 0.6) is 0 Å². The van der Waals surface area contributed by atoms with Gasteiger partial charge in [0.1, 0.15) is 5.69 Å². The Bertz CT molecular complexity index is 233. The van der Waals surface area contributed by atoms with Crippen LogP contribution in [0, 0.1) is 5.92 Å². The highest BCUT2D eigenvalue weighted by atomic mass is 32.1. The van der Waals surface area contributed by atoms with Crippen LogP contribution in [0.1, 0.15) is 37.5 Å². The van der Waals surface area contributed by atoms with Crippen LogP contribution < -0.4 is 0 Å². The molecule has 3 nitrogen and oxygen atoms in total. The second kappa shape index (κ2) is 3.49. The Balaban J connectivity index is 1.87. The van der Waals surface area contributed by atoms with Gasteiger partial charge < -0.3 is 5.11 Å². The number of aromatic nitrogens is 2. The smallest absolute Gasteiger partial charge is 0.104 e. The molecule has 1 atom stereocenters. The molecule has 66 valence electrons. The lowest BCUT2D eigenvalue weighted by Gasteiger charge is -2.26. The average Bonchev–Trinajstić information content (AvgIpc) is 2.47. The number of nitrogens with zero attached hydrogens (tertiary/aromatic N) is 2. The van der Waals surface area contributed by atoms with Crippen LogP contribution in [0.3, 0.4) is 0 Å². The molecule has 1 heterocycles. The van der Waals surface area contributed by atoms with Crippen molar-refractivity contribution in [2.75, 3.05) is 0 Å². The number of hydrogen-bond donors (Lipinski definition) is 1. The van der Waals surface area contributed by atoms with E-state index in [4.69, 9.17) is 0 Å². The molecule has 0 radical (unpaired) electrons. The average molecular weight is 184 g/mol. The fourth-order valence-electron chi connectivity index (χ4n) is 1.48. The third-order valence-corrected chi connectivity index (χ3v) is 3.02. The van der Waals surface area contributed by atoms with E-state index in [2.05, 4.69) is 9.59 Å². The SMILES string of the molecule is OC(CC1CCC1)c1csnn1. The topological polar surface area (TPSA) is 46.0 Å². The summed E-state index contributed by atoms with van der Waals surface area (Å²) in [6, 6.07) is 0. The van der Waals surface area contributed by atoms with Crippen LogP contribution in [-0.2, 0) is 0 Å². The quantitative estimate of drug-likeness (QED) is 0.778. The maximum Gasteiger partial charge on any atom is 0.104 e. The van der Waals surface area contributed by atoms with Gasteiger partial charge in [0.05, 0.1) is 6.10 Å². The Hall–Kier alpha value is -0.480. The summed E-state index contributed by atoms with van der Waals surface area (Å²) in [7, 11) is 0. The molecule has 1 aliphatic rings. The number of aliphatic hydroxyl groups is 1. The number of rotatable bonds is 3. The lowest BCUT2D eigenvalue weighted by molar-refractivity contribution is 0.115. The van der Waals surface area contributed by atoms with Crippen LogP contribution >= 0.6 is 11.5 Å². The van der Waals surface area contributed by atoms with Gasteiger partial charge in [-0.3, -0.25) is 0 Å². The standard InChI is InChI=1S/C8H12N2OS/c11-8(4-6-2-1-3-6)7-5-12-10-9-7/h5-6,8,11H,1-4H2. The van der Waals surface area contributed by atoms with Gasteiger partial charge in [-0.15, -0.1) is 5.10 Å². The molecule has 12 heavy (non-hydrogen) atoms. The van der Waals surface area contributed by atoms with E-state index in [9.17, 15) is 5.11 Å². The summed E-state index contributed by atoms with van der Waals surface area (Å²) in [5.74, 6) is 0.724. The van der Waals surface area contributed by atoms with Gasteiger partial charge in [-0.25, -0.2) is 0 Å². The minimum atomic E-state index is -0.381. The minimum Gasteiger partial charge on any atom is -0.387 e. The van der Waals surface area contributed by atoms with Crippen molar-refractivity contribution in [2.45, 2.75) is 31.8 Å². The summed E-state index contributed by atoms with van der Waals surface area (Å²) in [6.07, 6.45) is 4.36. The van der Waals surface area contributed by atoms with Gasteiger partial charge in [-0.2, -0.15) is 0 Å². The second-order valence-corrected chi connectivity index (χ2v) is 3.99. The lowest BCUT2D eigenvalue weighted by Crippen LogP contribution is -2.15. The Kier molecular flexibility index (Phi) is 2.37. The summed E-state index contributed by atoms with van der Waals surface area (Å²) in [5.41, 5.74) is 0.743. The predicted molar refractivity (Wildman–Crippen MR) is 46.8 cm³/mol. The molecule has 0 amide bonds. The van der Waals surface area contributed by atoms with E-state index >= 15 is 0 Å². The Morgan fingerprint density at radius 1 is 1.67 bits per heavy atom. The van der Waals surface area contributed by atoms with Crippen LogP contribution in [0.25, 0.3) is 0 Å². The summed E-state index contributed by atoms with van der Waals surface area (Å²) in [6.45, 7) is 0. The minimum absolute atomic E-state index is 0.381. The van der Waals surface area contributed by atoms with Gasteiger partial charge in [0, 0.05) is 5.38 Å². The van der Waals surface area contributed by atoms with Gasteiger partial charge in [0.15, 0.2) is 0 Å². The highest BCUT2D eigenvalue weighted by Crippen LogP contribution is 2.34. The van der Waals surface area contributed by atoms with Crippen LogP contribution in [0.2, 0.25) is 0 Å². The second-order valence-electron chi connectivity index (χ2n) is 3.38. The monoisotopic (exact) mass is 184 g/mol. The lowest BCUT2D eigenvalue weighted by atomic mass is 9.81. The molecule has 4 heteroatoms. The zero-order valence-corrected chi connectivity index (χ0v) is 7.63. The molecule has 2 rings (SSSR count). The molecule has 0 bridgehead atoms. The van der Waals surface area contributed by atoms with Crippen LogP contribution in [0.4, 0.5) is 0 Å². The molecule has 0 aromatic carbocycles. The zero-order valence-electron chi connectivity index (χ0n) is 6.81. The van der Waals surface area contributed by atoms with E-state index in [1.165, 1.54) is 30.8 Å². The Labute approximate surface area is 75.6 Å². The van der Waals surface area contributed by atoms with Gasteiger partial charge >= 0.3 is 0 Å². The molecule has 0 spiro atoms. The van der Waals surface area contributed by atoms with Gasteiger partial charge in [0.2, 0.25) is 0 Å². The first-order chi connectivity index (χ1) is 5.86. The maximum absolute atomic E-state index is 9.65. The summed E-state index contributed by atoms with van der Waals surface area (Å²) < 4.78 is 3.73. The molecule has 1 aromatic rings. The number of hydrogen-bond acceptors (Lipinski definition) is 4. The summed E-state index contributed by atoms with van der Waals surface area (Å²) in [5, 5.41) is 15.3. The van der Waals surface area contributed by atoms with Gasteiger partial charge in [-0.1, -0.05) is 23.8 Å². The van der Waals surface area contributed by atoms with Crippen molar-refractivity contribution in [2.24, 2.45) is 5.92 Å². The molecule has 1 saturated carbocycles. The first kappa shape index (κ1) is 8.13. The number of aliphatic hydroxyl groups excluding tert-OH is 1. The first-order valence-electron chi connectivity index (χ1n) is 4.31. The summed E-state index contributed by atoms with van der Waals surface area (Å²) in [4.78, 5) is 0. The predicted octanol–water partition coefficient (Wildman–Crippen LogP) is 1.76. The van der Waals surface area contributed by atoms with Crippen molar-refractivity contribution in [1.82, 2.24) is 9.59 Å². The zero-order chi connectivity index (χ0) is 8.39. The van der Waals surface area contributed by atoms with Crippen molar-refractivity contribution >= 4 is 11.5 Å². The molecular formula is C8H12N2OS. The maximum atomic E-state index is 9.65. The van der Waals surface area contributed by atoms with Crippen LogP contribution in [-0.4, -0.2) is 14.7 Å². The first-order valence-corrected chi connectivity index (χ1v) is 5.15. The summed E-state index contributed by atoms with van der Waals surface area (Å²) >= 11 is 1.30. The van der Waals surface area contributed by atoms with E-state index in [1.807, 2.05) is 5.38 Å². The van der Waals surface area contributed by atoms with E-state index in [0.717, 1.165) is 18.0 Å². The van der Waals surface area contributed by atoms with Crippen molar-refractivity contribution in [1.29, 1.82) is 0 Å². The molecule has 1 aromatic heterocycles. The Morgan fingerprint density at radius 3 is 3.00 bits per heavy atom. The molecule has 1 fully saturated rings. The van der Waals surface area contributed by atoms with E-state index in [1.54, 1.807) is 0 Å². The van der Waals surface area contributed by atoms with E-state index in [-0.39, 0.29) is 6.10 Å². The molecule has 0 saturated heterocycles. The largest absolute Gasteiger partial charge is 0.387 e. The molecule has 1 unspecified atom stereocenters. The third kappa shape index (κ3) is 1.64. The normalized spacial score (nSPS) is 20.4. The van der Waals surface area contributed by atoms with E-state index < -0.39 is 0 Å². The van der Waals surface area contributed by atoms with Crippen molar-refractivity contribution < 1.29 is 5.11 Å². The highest BCUT2D eigenvalue weighted by molar-refractivity contribution is 7.03. The van der Waals surface area contributed by atoms with Crippen molar-refractivity contribution in [3.63, 3.8) is 0 Å². The molecule has 1 N–H and O–H groups in total. The fourth-order valence-corrected chi connectivity index (χ4v) is 1.98. The van der Waals surface area contributed by atoms with Crippen LogP contribution in [0.15, 0.2) is 5.38 Å². The van der Waals surface area contributed by atoms with Crippen molar-refractivity contribution in [3.05, 3.63) is 11.1 Å². The fraction of sp³-hybridized carbons (Fsp3) is 0.750. The van der Waals surface area contributed by atoms with Crippen molar-refractivity contribution in [3.8, 4) is 0 Å². The Morgan fingerprint density at radius 2 is 2.50 bits per heavy atom. The molecular weight excluding hydrogens is 172 g/mol. The third-order valence-electron chi connectivity index (χ3n) is 2.50. The molecule has 1 aliphatic carbocycles. The van der Waals surface area contributed by atoms with Gasteiger partial charge in [0.25, 0.3) is 0 Å². The van der Waals surface area contributed by atoms with E-state index in [0.29, 0.717) is 0 Å².